The number of amidine groups is 1. The molecule has 1 atom stereocenters. The molecule has 0 bridgehead atoms. The van der Waals surface area contributed by atoms with Gasteiger partial charge in [0.1, 0.15) is 6.54 Å². The maximum atomic E-state index is 11.6. The van der Waals surface area contributed by atoms with Gasteiger partial charge in [0, 0.05) is 17.3 Å². The topological polar surface area (TPSA) is 53.5 Å². The van der Waals surface area contributed by atoms with E-state index in [1.807, 2.05) is 20.8 Å². The third-order valence-electron chi connectivity index (χ3n) is 2.39. The third-order valence-corrected chi connectivity index (χ3v) is 3.44. The van der Waals surface area contributed by atoms with E-state index in [-0.39, 0.29) is 18.0 Å². The highest BCUT2D eigenvalue weighted by Crippen LogP contribution is 2.18. The Labute approximate surface area is 108 Å². The van der Waals surface area contributed by atoms with Crippen LogP contribution in [0.1, 0.15) is 34.6 Å². The molecule has 0 radical (unpaired) electrons. The molecule has 1 saturated heterocycles. The van der Waals surface area contributed by atoms with Crippen molar-refractivity contribution in [1.82, 2.24) is 10.6 Å². The summed E-state index contributed by atoms with van der Waals surface area (Å²) in [4.78, 5) is 15.9. The molecule has 0 saturated carbocycles. The lowest BCUT2D eigenvalue weighted by Crippen LogP contribution is -2.42. The standard InChI is InChI=1S/C12H23N3OS/c1-8(2)9-7-17-11(14-9)13-6-10(16)15-12(3,4)5/h8-9H,6-7H2,1-5H3,(H,13,14)(H,15,16)/t9-/m1/s1. The number of nitrogens with zero attached hydrogens (tertiary/aromatic N) is 1. The minimum atomic E-state index is -0.187. The second-order valence-corrected chi connectivity index (χ2v) is 6.73. The fourth-order valence-corrected chi connectivity index (χ4v) is 2.66. The minimum Gasteiger partial charge on any atom is -0.361 e. The summed E-state index contributed by atoms with van der Waals surface area (Å²) in [5, 5.41) is 7.13. The number of carbonyl (C=O) groups is 1. The summed E-state index contributed by atoms with van der Waals surface area (Å²) in [6.07, 6.45) is 0. The summed E-state index contributed by atoms with van der Waals surface area (Å²) >= 11 is 1.70. The van der Waals surface area contributed by atoms with Crippen LogP contribution in [0.5, 0.6) is 0 Å². The first kappa shape index (κ1) is 14.4. The summed E-state index contributed by atoms with van der Waals surface area (Å²) in [6, 6.07) is 0.476. The highest BCUT2D eigenvalue weighted by molar-refractivity contribution is 8.14. The van der Waals surface area contributed by atoms with Crippen LogP contribution in [0.15, 0.2) is 4.99 Å². The molecule has 0 aromatic rings. The number of nitrogens with one attached hydrogen (secondary N) is 2. The van der Waals surface area contributed by atoms with Crippen molar-refractivity contribution in [2.75, 3.05) is 12.3 Å². The van der Waals surface area contributed by atoms with Gasteiger partial charge in [-0.15, -0.1) is 0 Å². The van der Waals surface area contributed by atoms with E-state index in [4.69, 9.17) is 0 Å². The number of hydrogen-bond donors (Lipinski definition) is 2. The first-order valence-electron chi connectivity index (χ1n) is 6.03. The molecule has 0 aromatic carbocycles. The summed E-state index contributed by atoms with van der Waals surface area (Å²) in [6.45, 7) is 10.5. The maximum absolute atomic E-state index is 11.6. The Morgan fingerprint density at radius 2 is 2.24 bits per heavy atom. The van der Waals surface area contributed by atoms with E-state index in [1.54, 1.807) is 11.8 Å². The smallest absolute Gasteiger partial charge is 0.242 e. The van der Waals surface area contributed by atoms with E-state index >= 15 is 0 Å². The van der Waals surface area contributed by atoms with E-state index in [0.29, 0.717) is 12.0 Å². The summed E-state index contributed by atoms with van der Waals surface area (Å²) in [7, 11) is 0. The lowest BCUT2D eigenvalue weighted by atomic mass is 10.1. The molecule has 0 aliphatic carbocycles. The fourth-order valence-electron chi connectivity index (χ4n) is 1.46. The predicted molar refractivity (Wildman–Crippen MR) is 74.4 cm³/mol. The minimum absolute atomic E-state index is 0.0274. The molecule has 1 aliphatic rings. The van der Waals surface area contributed by atoms with Crippen LogP contribution in [-0.2, 0) is 4.79 Å². The normalized spacial score (nSPS) is 22.9. The molecule has 1 fully saturated rings. The zero-order valence-corrected chi connectivity index (χ0v) is 12.1. The van der Waals surface area contributed by atoms with Crippen LogP contribution < -0.4 is 10.6 Å². The molecule has 5 heteroatoms. The molecule has 1 rings (SSSR count). The van der Waals surface area contributed by atoms with Crippen LogP contribution in [0, 0.1) is 5.92 Å². The van der Waals surface area contributed by atoms with Gasteiger partial charge in [-0.05, 0) is 26.7 Å². The lowest BCUT2D eigenvalue weighted by molar-refractivity contribution is -0.121. The van der Waals surface area contributed by atoms with E-state index in [1.165, 1.54) is 0 Å². The zero-order valence-electron chi connectivity index (χ0n) is 11.3. The van der Waals surface area contributed by atoms with Crippen molar-refractivity contribution >= 4 is 22.8 Å². The Morgan fingerprint density at radius 3 is 2.71 bits per heavy atom. The largest absolute Gasteiger partial charge is 0.361 e. The van der Waals surface area contributed by atoms with Crippen molar-refractivity contribution < 1.29 is 4.79 Å². The summed E-state index contributed by atoms with van der Waals surface area (Å²) in [5.74, 6) is 1.61. The Bertz CT molecular complexity index is 307. The van der Waals surface area contributed by atoms with Crippen LogP contribution in [0.3, 0.4) is 0 Å². The van der Waals surface area contributed by atoms with Gasteiger partial charge in [-0.25, -0.2) is 0 Å². The SMILES string of the molecule is CC(C)[C@H]1CSC(=NCC(=O)NC(C)(C)C)N1. The van der Waals surface area contributed by atoms with Gasteiger partial charge >= 0.3 is 0 Å². The van der Waals surface area contributed by atoms with Crippen LogP contribution in [0.4, 0.5) is 0 Å². The van der Waals surface area contributed by atoms with Gasteiger partial charge < -0.3 is 10.6 Å². The van der Waals surface area contributed by atoms with Gasteiger partial charge in [0.25, 0.3) is 0 Å². The average molecular weight is 257 g/mol. The van der Waals surface area contributed by atoms with Crippen molar-refractivity contribution in [3.8, 4) is 0 Å². The fraction of sp³-hybridized carbons (Fsp3) is 0.833. The Kier molecular flexibility index (Phi) is 4.86. The third kappa shape index (κ3) is 5.44. The highest BCUT2D eigenvalue weighted by Gasteiger charge is 2.23. The van der Waals surface area contributed by atoms with Crippen molar-refractivity contribution in [3.05, 3.63) is 0 Å². The average Bonchev–Trinajstić information content (AvgIpc) is 2.60. The van der Waals surface area contributed by atoms with Crippen molar-refractivity contribution in [1.29, 1.82) is 0 Å². The first-order chi connectivity index (χ1) is 7.78. The Morgan fingerprint density at radius 1 is 1.59 bits per heavy atom. The van der Waals surface area contributed by atoms with E-state index in [0.717, 1.165) is 10.9 Å². The van der Waals surface area contributed by atoms with Gasteiger partial charge in [0.15, 0.2) is 5.17 Å². The first-order valence-corrected chi connectivity index (χ1v) is 7.01. The molecule has 0 aromatic heterocycles. The summed E-state index contributed by atoms with van der Waals surface area (Å²) in [5.41, 5.74) is -0.187. The van der Waals surface area contributed by atoms with Crippen molar-refractivity contribution in [2.24, 2.45) is 10.9 Å². The number of carbonyl (C=O) groups excluding carboxylic acids is 1. The number of rotatable bonds is 3. The van der Waals surface area contributed by atoms with Gasteiger partial charge in [-0.3, -0.25) is 9.79 Å². The number of thioether (sulfide) groups is 1. The van der Waals surface area contributed by atoms with Gasteiger partial charge in [0.05, 0.1) is 0 Å². The van der Waals surface area contributed by atoms with Crippen LogP contribution >= 0.6 is 11.8 Å². The van der Waals surface area contributed by atoms with Gasteiger partial charge in [-0.2, -0.15) is 0 Å². The molecular formula is C12H23N3OS. The quantitative estimate of drug-likeness (QED) is 0.808. The molecule has 1 amide bonds. The van der Waals surface area contributed by atoms with Crippen LogP contribution in [-0.4, -0.2) is 35.0 Å². The second kappa shape index (κ2) is 5.76. The van der Waals surface area contributed by atoms with Crippen LogP contribution in [0.25, 0.3) is 0 Å². The monoisotopic (exact) mass is 257 g/mol. The molecule has 2 N–H and O–H groups in total. The molecule has 0 spiro atoms. The maximum Gasteiger partial charge on any atom is 0.242 e. The van der Waals surface area contributed by atoms with Gasteiger partial charge in [0.2, 0.25) is 5.91 Å². The highest BCUT2D eigenvalue weighted by atomic mass is 32.2. The molecule has 0 unspecified atom stereocenters. The molecule has 17 heavy (non-hydrogen) atoms. The Balaban J connectivity index is 2.38. The summed E-state index contributed by atoms with van der Waals surface area (Å²) < 4.78 is 0. The van der Waals surface area contributed by atoms with E-state index < -0.39 is 0 Å². The van der Waals surface area contributed by atoms with Gasteiger partial charge in [-0.1, -0.05) is 25.6 Å². The molecule has 98 valence electrons. The van der Waals surface area contributed by atoms with Crippen LogP contribution in [0.2, 0.25) is 0 Å². The van der Waals surface area contributed by atoms with E-state index in [9.17, 15) is 4.79 Å². The molecular weight excluding hydrogens is 234 g/mol. The zero-order chi connectivity index (χ0) is 13.1. The second-order valence-electron chi connectivity index (χ2n) is 5.73. The van der Waals surface area contributed by atoms with Crippen molar-refractivity contribution in [2.45, 2.75) is 46.2 Å². The lowest BCUT2D eigenvalue weighted by Gasteiger charge is -2.19. The molecule has 1 heterocycles. The van der Waals surface area contributed by atoms with Crippen molar-refractivity contribution in [3.63, 3.8) is 0 Å². The molecule has 1 aliphatic heterocycles. The molecule has 4 nitrogen and oxygen atoms in total. The number of hydrogen-bond acceptors (Lipinski definition) is 3. The predicted octanol–water partition coefficient (Wildman–Crippen LogP) is 1.62. The van der Waals surface area contributed by atoms with E-state index in [2.05, 4.69) is 29.5 Å². The Hall–Kier alpha value is -0.710. The number of aliphatic imine (C=N–C) groups is 1. The number of amides is 1.